The third-order valence-corrected chi connectivity index (χ3v) is 8.28. The number of amidine groups is 1. The van der Waals surface area contributed by atoms with Gasteiger partial charge in [0.15, 0.2) is 15.0 Å². The Morgan fingerprint density at radius 3 is 2.29 bits per heavy atom. The third-order valence-electron chi connectivity index (χ3n) is 5.08. The number of aryl methyl sites for hydroxylation is 2. The first-order chi connectivity index (χ1) is 13.3. The van der Waals surface area contributed by atoms with Gasteiger partial charge >= 0.3 is 0 Å². The van der Waals surface area contributed by atoms with Crippen LogP contribution in [0.1, 0.15) is 16.7 Å². The van der Waals surface area contributed by atoms with E-state index in [0.29, 0.717) is 5.17 Å². The summed E-state index contributed by atoms with van der Waals surface area (Å²) in [5.74, 6) is 0.0193. The van der Waals surface area contributed by atoms with Crippen LogP contribution in [0.15, 0.2) is 53.5 Å². The lowest BCUT2D eigenvalue weighted by Crippen LogP contribution is -2.37. The molecule has 2 aromatic carbocycles. The van der Waals surface area contributed by atoms with Gasteiger partial charge in [0.1, 0.15) is 0 Å². The zero-order chi connectivity index (χ0) is 19.9. The van der Waals surface area contributed by atoms with Gasteiger partial charge < -0.3 is 4.90 Å². The maximum Gasteiger partial charge on any atom is 0.252 e. The SMILES string of the molecule is Cc1ccc(CC(=O)N=C2S[C@H]3CS(=O)(=O)C[C@@H]3N2c2ccc(C)cc2)cc1. The molecule has 0 spiro atoms. The summed E-state index contributed by atoms with van der Waals surface area (Å²) in [4.78, 5) is 18.9. The van der Waals surface area contributed by atoms with Gasteiger partial charge in [0, 0.05) is 10.9 Å². The van der Waals surface area contributed by atoms with Gasteiger partial charge in [-0.2, -0.15) is 4.99 Å². The van der Waals surface area contributed by atoms with Crippen molar-refractivity contribution in [1.82, 2.24) is 0 Å². The fraction of sp³-hybridized carbons (Fsp3) is 0.333. The molecule has 5 nitrogen and oxygen atoms in total. The number of hydrogen-bond acceptors (Lipinski definition) is 4. The Balaban J connectivity index is 1.62. The highest BCUT2D eigenvalue weighted by atomic mass is 32.2. The first-order valence-electron chi connectivity index (χ1n) is 9.21. The Labute approximate surface area is 169 Å². The molecular formula is C21H22N2O3S2. The second-order valence-electron chi connectivity index (χ2n) is 7.46. The summed E-state index contributed by atoms with van der Waals surface area (Å²) < 4.78 is 24.3. The lowest BCUT2D eigenvalue weighted by molar-refractivity contribution is -0.117. The fourth-order valence-electron chi connectivity index (χ4n) is 3.60. The Morgan fingerprint density at radius 2 is 1.64 bits per heavy atom. The highest BCUT2D eigenvalue weighted by Crippen LogP contribution is 2.41. The minimum absolute atomic E-state index is 0.0859. The molecular weight excluding hydrogens is 392 g/mol. The van der Waals surface area contributed by atoms with Gasteiger partial charge in [0.2, 0.25) is 0 Å². The molecule has 2 aromatic rings. The van der Waals surface area contributed by atoms with Crippen molar-refractivity contribution < 1.29 is 13.2 Å². The molecule has 2 saturated heterocycles. The number of aliphatic imine (C=N–C) groups is 1. The van der Waals surface area contributed by atoms with Gasteiger partial charge in [-0.15, -0.1) is 0 Å². The number of carbonyl (C=O) groups excluding carboxylic acids is 1. The van der Waals surface area contributed by atoms with E-state index in [4.69, 9.17) is 0 Å². The smallest absolute Gasteiger partial charge is 0.252 e. The molecule has 0 N–H and O–H groups in total. The van der Waals surface area contributed by atoms with Crippen molar-refractivity contribution in [2.45, 2.75) is 31.6 Å². The standard InChI is InChI=1S/C21H22N2O3S2/c1-14-3-7-16(8-4-14)11-20(24)22-21-23(17-9-5-15(2)6-10-17)18-12-28(25,26)13-19(18)27-21/h3-10,18-19H,11-13H2,1-2H3/t18-,19-/m0/s1. The Bertz CT molecular complexity index is 1030. The van der Waals surface area contributed by atoms with E-state index in [1.807, 2.05) is 67.3 Å². The Morgan fingerprint density at radius 1 is 1.04 bits per heavy atom. The molecule has 28 heavy (non-hydrogen) atoms. The van der Waals surface area contributed by atoms with E-state index in [2.05, 4.69) is 4.99 Å². The van der Waals surface area contributed by atoms with Crippen LogP contribution in [0.4, 0.5) is 5.69 Å². The number of fused-ring (bicyclic) bond motifs is 1. The van der Waals surface area contributed by atoms with Gasteiger partial charge in [-0.25, -0.2) is 8.42 Å². The van der Waals surface area contributed by atoms with Crippen molar-refractivity contribution in [3.05, 3.63) is 65.2 Å². The van der Waals surface area contributed by atoms with E-state index in [1.165, 1.54) is 11.8 Å². The predicted octanol–water partition coefficient (Wildman–Crippen LogP) is 3.15. The second-order valence-corrected chi connectivity index (χ2v) is 10.8. The van der Waals surface area contributed by atoms with E-state index >= 15 is 0 Å². The van der Waals surface area contributed by atoms with Crippen LogP contribution in [0.2, 0.25) is 0 Å². The number of anilines is 1. The van der Waals surface area contributed by atoms with Crippen molar-refractivity contribution in [2.24, 2.45) is 4.99 Å². The van der Waals surface area contributed by atoms with Crippen LogP contribution in [-0.2, 0) is 21.1 Å². The average Bonchev–Trinajstić information content (AvgIpc) is 3.09. The molecule has 146 valence electrons. The Hall–Kier alpha value is -2.12. The zero-order valence-electron chi connectivity index (χ0n) is 15.8. The fourth-order valence-corrected chi connectivity index (χ4v) is 7.53. The van der Waals surface area contributed by atoms with Crippen LogP contribution in [0.3, 0.4) is 0 Å². The molecule has 2 aliphatic rings. The first kappa shape index (κ1) is 19.2. The van der Waals surface area contributed by atoms with Crippen LogP contribution < -0.4 is 4.90 Å². The van der Waals surface area contributed by atoms with E-state index in [9.17, 15) is 13.2 Å². The molecule has 2 heterocycles. The number of amides is 1. The minimum Gasteiger partial charge on any atom is -0.316 e. The number of hydrogen-bond donors (Lipinski definition) is 0. The summed E-state index contributed by atoms with van der Waals surface area (Å²) in [6.45, 7) is 4.01. The molecule has 0 bridgehead atoms. The summed E-state index contributed by atoms with van der Waals surface area (Å²) >= 11 is 1.41. The van der Waals surface area contributed by atoms with Crippen molar-refractivity contribution in [2.75, 3.05) is 16.4 Å². The van der Waals surface area contributed by atoms with E-state index in [0.717, 1.165) is 22.4 Å². The van der Waals surface area contributed by atoms with Gasteiger partial charge in [-0.1, -0.05) is 59.3 Å². The monoisotopic (exact) mass is 414 g/mol. The number of carbonyl (C=O) groups is 1. The average molecular weight is 415 g/mol. The molecule has 2 atom stereocenters. The second kappa shape index (κ2) is 7.37. The minimum atomic E-state index is -3.06. The molecule has 1 amide bonds. The predicted molar refractivity (Wildman–Crippen MR) is 115 cm³/mol. The van der Waals surface area contributed by atoms with Crippen LogP contribution in [0, 0.1) is 13.8 Å². The Kier molecular flexibility index (Phi) is 5.05. The normalized spacial score (nSPS) is 24.5. The summed E-state index contributed by atoms with van der Waals surface area (Å²) in [5, 5.41) is 0.517. The molecule has 0 aromatic heterocycles. The lowest BCUT2D eigenvalue weighted by atomic mass is 10.1. The number of rotatable bonds is 3. The highest BCUT2D eigenvalue weighted by molar-refractivity contribution is 8.16. The van der Waals surface area contributed by atoms with Gasteiger partial charge in [-0.3, -0.25) is 4.79 Å². The van der Waals surface area contributed by atoms with E-state index in [-0.39, 0.29) is 35.1 Å². The van der Waals surface area contributed by atoms with Crippen LogP contribution in [0.25, 0.3) is 0 Å². The zero-order valence-corrected chi connectivity index (χ0v) is 17.5. The van der Waals surface area contributed by atoms with Crippen molar-refractivity contribution >= 4 is 38.4 Å². The number of benzene rings is 2. The molecule has 0 unspecified atom stereocenters. The third kappa shape index (κ3) is 4.00. The van der Waals surface area contributed by atoms with E-state index in [1.54, 1.807) is 0 Å². The maximum atomic E-state index is 12.6. The first-order valence-corrected chi connectivity index (χ1v) is 11.9. The summed E-state index contributed by atoms with van der Waals surface area (Å²) in [6, 6.07) is 15.6. The highest BCUT2D eigenvalue weighted by Gasteiger charge is 2.49. The molecule has 0 aliphatic carbocycles. The molecule has 2 fully saturated rings. The molecule has 0 saturated carbocycles. The molecule has 4 rings (SSSR count). The summed E-state index contributed by atoms with van der Waals surface area (Å²) in [6.07, 6.45) is 0.236. The molecule has 0 radical (unpaired) electrons. The lowest BCUT2D eigenvalue weighted by Gasteiger charge is -2.24. The van der Waals surface area contributed by atoms with Crippen molar-refractivity contribution in [3.63, 3.8) is 0 Å². The molecule has 7 heteroatoms. The summed E-state index contributed by atoms with van der Waals surface area (Å²) in [7, 11) is -3.06. The van der Waals surface area contributed by atoms with Gasteiger partial charge in [-0.05, 0) is 31.5 Å². The maximum absolute atomic E-state index is 12.6. The van der Waals surface area contributed by atoms with Gasteiger partial charge in [0.25, 0.3) is 5.91 Å². The quantitative estimate of drug-likeness (QED) is 0.772. The topological polar surface area (TPSA) is 66.8 Å². The molecule has 2 aliphatic heterocycles. The number of thioether (sulfide) groups is 1. The van der Waals surface area contributed by atoms with E-state index < -0.39 is 9.84 Å². The number of sulfone groups is 1. The largest absolute Gasteiger partial charge is 0.316 e. The van der Waals surface area contributed by atoms with Crippen molar-refractivity contribution in [3.8, 4) is 0 Å². The number of nitrogens with zero attached hydrogens (tertiary/aromatic N) is 2. The van der Waals surface area contributed by atoms with Gasteiger partial charge in [0.05, 0.1) is 24.0 Å². The van der Waals surface area contributed by atoms with Crippen LogP contribution >= 0.6 is 11.8 Å². The van der Waals surface area contributed by atoms with Crippen molar-refractivity contribution in [1.29, 1.82) is 0 Å². The van der Waals surface area contributed by atoms with Crippen LogP contribution in [-0.4, -0.2) is 42.3 Å². The summed E-state index contributed by atoms with van der Waals surface area (Å²) in [5.41, 5.74) is 4.07. The van der Waals surface area contributed by atoms with Crippen LogP contribution in [0.5, 0.6) is 0 Å².